The Hall–Kier alpha value is -3.19. The van der Waals surface area contributed by atoms with Gasteiger partial charge < -0.3 is 9.32 Å². The van der Waals surface area contributed by atoms with Crippen LogP contribution in [0.1, 0.15) is 23.5 Å². The summed E-state index contributed by atoms with van der Waals surface area (Å²) in [6, 6.07) is 15.0. The van der Waals surface area contributed by atoms with Gasteiger partial charge in [-0.1, -0.05) is 18.2 Å². The molecule has 0 unspecified atom stereocenters. The molecule has 0 atom stereocenters. The van der Waals surface area contributed by atoms with Crippen molar-refractivity contribution in [1.82, 2.24) is 14.5 Å². The molecule has 1 aromatic carbocycles. The molecular formula is C22H21N3O3S. The number of hydrogen-bond acceptors (Lipinski definition) is 5. The molecule has 0 bridgehead atoms. The van der Waals surface area contributed by atoms with Crippen LogP contribution in [0.3, 0.4) is 0 Å². The molecule has 1 amide bonds. The molecule has 3 aromatic heterocycles. The molecule has 0 N–H and O–H groups in total. The summed E-state index contributed by atoms with van der Waals surface area (Å²) in [5, 5.41) is 2.60. The fourth-order valence-electron chi connectivity index (χ4n) is 3.24. The Morgan fingerprint density at radius 1 is 1.10 bits per heavy atom. The summed E-state index contributed by atoms with van der Waals surface area (Å²) in [6.07, 6.45) is 4.09. The molecular weight excluding hydrogens is 386 g/mol. The molecule has 148 valence electrons. The Morgan fingerprint density at radius 2 is 2.00 bits per heavy atom. The molecule has 0 aliphatic heterocycles. The maximum Gasteiger partial charge on any atom is 0.261 e. The van der Waals surface area contributed by atoms with E-state index < -0.39 is 0 Å². The lowest BCUT2D eigenvalue weighted by Crippen LogP contribution is -2.30. The van der Waals surface area contributed by atoms with E-state index in [4.69, 9.17) is 4.42 Å². The average Bonchev–Trinajstić information content (AvgIpc) is 3.44. The van der Waals surface area contributed by atoms with Crippen LogP contribution >= 0.6 is 11.3 Å². The molecule has 0 aliphatic rings. The predicted octanol–water partition coefficient (Wildman–Crippen LogP) is 4.06. The van der Waals surface area contributed by atoms with Crippen molar-refractivity contribution in [3.63, 3.8) is 0 Å². The first kappa shape index (κ1) is 19.1. The van der Waals surface area contributed by atoms with Gasteiger partial charge in [0.25, 0.3) is 5.56 Å². The Balaban J connectivity index is 1.41. The van der Waals surface area contributed by atoms with Crippen molar-refractivity contribution < 1.29 is 9.21 Å². The number of aryl methyl sites for hydroxylation is 1. The fraction of sp³-hybridized carbons (Fsp3) is 0.227. The molecule has 0 saturated carbocycles. The maximum atomic E-state index is 12.9. The zero-order chi connectivity index (χ0) is 20.1. The maximum absolute atomic E-state index is 12.9. The number of carbonyl (C=O) groups excluding carboxylic acids is 1. The normalized spacial score (nSPS) is 11.0. The van der Waals surface area contributed by atoms with Gasteiger partial charge in [-0.05, 0) is 42.1 Å². The van der Waals surface area contributed by atoms with Crippen molar-refractivity contribution in [3.05, 3.63) is 87.5 Å². The number of nitrogens with zero attached hydrogens (tertiary/aromatic N) is 3. The van der Waals surface area contributed by atoms with Crippen LogP contribution in [-0.2, 0) is 24.4 Å². The minimum absolute atomic E-state index is 0.0385. The molecule has 0 saturated heterocycles. The molecule has 4 rings (SSSR count). The number of benzene rings is 1. The van der Waals surface area contributed by atoms with Gasteiger partial charge >= 0.3 is 0 Å². The summed E-state index contributed by atoms with van der Waals surface area (Å²) in [5.74, 6) is 0.793. The Bertz CT molecular complexity index is 1100. The summed E-state index contributed by atoms with van der Waals surface area (Å²) >= 11 is 1.63. The van der Waals surface area contributed by atoms with E-state index in [1.54, 1.807) is 39.5 Å². The smallest absolute Gasteiger partial charge is 0.261 e. The number of furan rings is 1. The van der Waals surface area contributed by atoms with Crippen LogP contribution in [0, 0.1) is 0 Å². The Morgan fingerprint density at radius 3 is 2.79 bits per heavy atom. The molecule has 7 heteroatoms. The Kier molecular flexibility index (Phi) is 5.86. The highest BCUT2D eigenvalue weighted by Crippen LogP contribution is 2.16. The lowest BCUT2D eigenvalue weighted by Gasteiger charge is -2.21. The van der Waals surface area contributed by atoms with Crippen molar-refractivity contribution in [2.75, 3.05) is 0 Å². The first-order valence-corrected chi connectivity index (χ1v) is 10.4. The van der Waals surface area contributed by atoms with Gasteiger partial charge in [0.2, 0.25) is 5.91 Å². The summed E-state index contributed by atoms with van der Waals surface area (Å²) in [4.78, 5) is 32.7. The third-order valence-electron chi connectivity index (χ3n) is 4.73. The van der Waals surface area contributed by atoms with Gasteiger partial charge in [-0.25, -0.2) is 4.98 Å². The van der Waals surface area contributed by atoms with Crippen LogP contribution in [0.15, 0.2) is 75.7 Å². The number of rotatable bonds is 8. The quantitative estimate of drug-likeness (QED) is 0.442. The number of aromatic nitrogens is 2. The molecule has 0 spiro atoms. The second kappa shape index (κ2) is 8.87. The minimum Gasteiger partial charge on any atom is -0.467 e. The van der Waals surface area contributed by atoms with Crippen LogP contribution in [-0.4, -0.2) is 20.4 Å². The van der Waals surface area contributed by atoms with Gasteiger partial charge in [0.1, 0.15) is 5.76 Å². The highest BCUT2D eigenvalue weighted by Gasteiger charge is 2.16. The van der Waals surface area contributed by atoms with E-state index in [0.717, 1.165) is 10.6 Å². The van der Waals surface area contributed by atoms with Gasteiger partial charge in [0.05, 0.1) is 36.6 Å². The largest absolute Gasteiger partial charge is 0.467 e. The van der Waals surface area contributed by atoms with Crippen molar-refractivity contribution in [2.24, 2.45) is 0 Å². The van der Waals surface area contributed by atoms with Crippen LogP contribution in [0.25, 0.3) is 10.9 Å². The van der Waals surface area contributed by atoms with Gasteiger partial charge in [-0.2, -0.15) is 0 Å². The van der Waals surface area contributed by atoms with Crippen LogP contribution in [0.5, 0.6) is 0 Å². The molecule has 3 heterocycles. The molecule has 0 aliphatic carbocycles. The summed E-state index contributed by atoms with van der Waals surface area (Å²) in [7, 11) is 0. The second-order valence-corrected chi connectivity index (χ2v) is 7.80. The highest BCUT2D eigenvalue weighted by molar-refractivity contribution is 7.09. The molecule has 6 nitrogen and oxygen atoms in total. The third-order valence-corrected chi connectivity index (χ3v) is 5.59. The zero-order valence-corrected chi connectivity index (χ0v) is 16.7. The van der Waals surface area contributed by atoms with Crippen LogP contribution < -0.4 is 5.56 Å². The number of carbonyl (C=O) groups is 1. The Labute approximate surface area is 172 Å². The third kappa shape index (κ3) is 4.63. The van der Waals surface area contributed by atoms with Crippen molar-refractivity contribution >= 4 is 28.1 Å². The fourth-order valence-corrected chi connectivity index (χ4v) is 3.96. The average molecular weight is 407 g/mol. The van der Waals surface area contributed by atoms with E-state index in [-0.39, 0.29) is 11.5 Å². The first-order chi connectivity index (χ1) is 14.2. The van der Waals surface area contributed by atoms with Gasteiger partial charge in [-0.15, -0.1) is 11.3 Å². The SMILES string of the molecule is O=C(CCCn1cnc2ccccc2c1=O)N(Cc1ccco1)Cc1cccs1. The van der Waals surface area contributed by atoms with E-state index >= 15 is 0 Å². The number of hydrogen-bond donors (Lipinski definition) is 0. The zero-order valence-electron chi connectivity index (χ0n) is 15.9. The monoisotopic (exact) mass is 407 g/mol. The van der Waals surface area contributed by atoms with Crippen LogP contribution in [0.2, 0.25) is 0 Å². The molecule has 0 radical (unpaired) electrons. The van der Waals surface area contributed by atoms with E-state index in [1.807, 2.05) is 47.8 Å². The number of thiophene rings is 1. The van der Waals surface area contributed by atoms with E-state index in [0.29, 0.717) is 43.4 Å². The molecule has 4 aromatic rings. The molecule has 29 heavy (non-hydrogen) atoms. The van der Waals surface area contributed by atoms with Gasteiger partial charge in [0.15, 0.2) is 0 Å². The summed E-state index contributed by atoms with van der Waals surface area (Å²) in [5.41, 5.74) is 0.611. The van der Waals surface area contributed by atoms with Crippen LogP contribution in [0.4, 0.5) is 0 Å². The van der Waals surface area contributed by atoms with Crippen molar-refractivity contribution in [3.8, 4) is 0 Å². The second-order valence-electron chi connectivity index (χ2n) is 6.77. The lowest BCUT2D eigenvalue weighted by atomic mass is 10.2. The first-order valence-electron chi connectivity index (χ1n) is 9.47. The minimum atomic E-state index is -0.0749. The van der Waals surface area contributed by atoms with Crippen molar-refractivity contribution in [1.29, 1.82) is 0 Å². The number of fused-ring (bicyclic) bond motifs is 1. The lowest BCUT2D eigenvalue weighted by molar-refractivity contribution is -0.132. The van der Waals surface area contributed by atoms with Gasteiger partial charge in [-0.3, -0.25) is 14.2 Å². The molecule has 0 fully saturated rings. The predicted molar refractivity (Wildman–Crippen MR) is 113 cm³/mol. The number of amides is 1. The topological polar surface area (TPSA) is 68.3 Å². The van der Waals surface area contributed by atoms with Crippen molar-refractivity contribution in [2.45, 2.75) is 32.5 Å². The summed E-state index contributed by atoms with van der Waals surface area (Å²) in [6.45, 7) is 1.44. The standard InChI is InChI=1S/C22H21N3O3S/c26-21(25(14-17-6-4-12-28-17)15-18-7-5-13-29-18)10-3-11-24-16-23-20-9-2-1-8-19(20)22(24)27/h1-2,4-9,12-13,16H,3,10-11,14-15H2. The van der Waals surface area contributed by atoms with E-state index in [1.165, 1.54) is 0 Å². The number of para-hydroxylation sites is 1. The highest BCUT2D eigenvalue weighted by atomic mass is 32.1. The van der Waals surface area contributed by atoms with E-state index in [2.05, 4.69) is 4.98 Å². The van der Waals surface area contributed by atoms with Gasteiger partial charge in [0, 0.05) is 17.8 Å². The summed E-state index contributed by atoms with van der Waals surface area (Å²) < 4.78 is 6.99. The van der Waals surface area contributed by atoms with E-state index in [9.17, 15) is 9.59 Å².